The van der Waals surface area contributed by atoms with Gasteiger partial charge in [-0.05, 0) is 42.5 Å². The van der Waals surface area contributed by atoms with E-state index in [1.807, 2.05) is 18.2 Å². The maximum atomic E-state index is 10.6. The number of rotatable bonds is 11. The Bertz CT molecular complexity index is 797. The molecule has 1 aliphatic heterocycles. The number of hydrogen-bond donors (Lipinski definition) is 2. The smallest absolute Gasteiger partial charge is 0.184 e. The molecule has 5 heteroatoms. The van der Waals surface area contributed by atoms with Gasteiger partial charge in [-0.3, -0.25) is 4.90 Å². The van der Waals surface area contributed by atoms with Crippen molar-refractivity contribution in [3.8, 4) is 11.5 Å². The van der Waals surface area contributed by atoms with Crippen molar-refractivity contribution in [1.29, 1.82) is 0 Å². The van der Waals surface area contributed by atoms with E-state index in [2.05, 4.69) is 36.1 Å². The minimum atomic E-state index is -0.297. The lowest BCUT2D eigenvalue weighted by Crippen LogP contribution is -2.43. The van der Waals surface area contributed by atoms with Crippen molar-refractivity contribution in [1.82, 2.24) is 4.90 Å². The van der Waals surface area contributed by atoms with Gasteiger partial charge in [0.05, 0.1) is 25.5 Å². The summed E-state index contributed by atoms with van der Waals surface area (Å²) >= 11 is 0. The molecule has 2 unspecified atom stereocenters. The standard InChI is InChI=1S/C26H38N2O3/c1-3-4-5-9-14-31-26-23(27)16-21(17-25(26)30-2)15-22-19-28(13-12-24(22)29)18-20-10-7-6-8-11-20/h6-8,10-11,16-17,22,24,29H,3-5,9,12-15,18-19,27H2,1-2H3. The van der Waals surface area contributed by atoms with Gasteiger partial charge in [-0.25, -0.2) is 0 Å². The van der Waals surface area contributed by atoms with Gasteiger partial charge in [0.15, 0.2) is 11.5 Å². The van der Waals surface area contributed by atoms with Crippen LogP contribution in [-0.4, -0.2) is 42.9 Å². The molecule has 1 fully saturated rings. The summed E-state index contributed by atoms with van der Waals surface area (Å²) in [7, 11) is 1.65. The second kappa shape index (κ2) is 12.0. The molecule has 1 heterocycles. The summed E-state index contributed by atoms with van der Waals surface area (Å²) in [6.07, 6.45) is 5.87. The summed E-state index contributed by atoms with van der Waals surface area (Å²) < 4.78 is 11.5. The zero-order valence-electron chi connectivity index (χ0n) is 19.1. The topological polar surface area (TPSA) is 68.0 Å². The van der Waals surface area contributed by atoms with Crippen LogP contribution in [0.5, 0.6) is 11.5 Å². The van der Waals surface area contributed by atoms with Gasteiger partial charge in [0.1, 0.15) is 0 Å². The predicted octanol–water partition coefficient (Wildman–Crippen LogP) is 4.66. The molecule has 1 saturated heterocycles. The minimum absolute atomic E-state index is 0.169. The molecule has 3 rings (SSSR count). The Kier molecular flexibility index (Phi) is 9.04. The molecule has 1 aliphatic rings. The largest absolute Gasteiger partial charge is 0.493 e. The lowest BCUT2D eigenvalue weighted by molar-refractivity contribution is 0.0239. The minimum Gasteiger partial charge on any atom is -0.493 e. The average molecular weight is 427 g/mol. The first-order valence-corrected chi connectivity index (χ1v) is 11.6. The first-order valence-electron chi connectivity index (χ1n) is 11.6. The van der Waals surface area contributed by atoms with Crippen LogP contribution in [-0.2, 0) is 13.0 Å². The molecule has 0 saturated carbocycles. The third-order valence-electron chi connectivity index (χ3n) is 6.13. The molecule has 2 atom stereocenters. The Morgan fingerprint density at radius 1 is 1.10 bits per heavy atom. The molecule has 0 bridgehead atoms. The molecule has 170 valence electrons. The highest BCUT2D eigenvalue weighted by Gasteiger charge is 2.28. The Hall–Kier alpha value is -2.24. The molecule has 0 aromatic heterocycles. The zero-order chi connectivity index (χ0) is 22.1. The van der Waals surface area contributed by atoms with E-state index in [1.165, 1.54) is 18.4 Å². The predicted molar refractivity (Wildman–Crippen MR) is 127 cm³/mol. The van der Waals surface area contributed by atoms with Crippen LogP contribution in [0.4, 0.5) is 5.69 Å². The highest BCUT2D eigenvalue weighted by atomic mass is 16.5. The van der Waals surface area contributed by atoms with Crippen LogP contribution in [0.15, 0.2) is 42.5 Å². The number of anilines is 1. The van der Waals surface area contributed by atoms with E-state index in [9.17, 15) is 5.11 Å². The fraction of sp³-hybridized carbons (Fsp3) is 0.538. The molecule has 31 heavy (non-hydrogen) atoms. The van der Waals surface area contributed by atoms with Crippen molar-refractivity contribution >= 4 is 5.69 Å². The average Bonchev–Trinajstić information content (AvgIpc) is 2.77. The van der Waals surface area contributed by atoms with Crippen molar-refractivity contribution < 1.29 is 14.6 Å². The number of hydrogen-bond acceptors (Lipinski definition) is 5. The SMILES string of the molecule is CCCCCCOc1c(N)cc(CC2CN(Cc3ccccc3)CCC2O)cc1OC. The molecule has 0 spiro atoms. The normalized spacial score (nSPS) is 19.3. The van der Waals surface area contributed by atoms with E-state index in [4.69, 9.17) is 15.2 Å². The number of aliphatic hydroxyl groups excluding tert-OH is 1. The fourth-order valence-corrected chi connectivity index (χ4v) is 4.39. The van der Waals surface area contributed by atoms with Gasteiger partial charge in [0, 0.05) is 25.6 Å². The van der Waals surface area contributed by atoms with Crippen LogP contribution >= 0.6 is 0 Å². The second-order valence-electron chi connectivity index (χ2n) is 8.67. The molecule has 5 nitrogen and oxygen atoms in total. The van der Waals surface area contributed by atoms with Gasteiger partial charge >= 0.3 is 0 Å². The summed E-state index contributed by atoms with van der Waals surface area (Å²) in [4.78, 5) is 2.43. The van der Waals surface area contributed by atoms with Crippen LogP contribution in [0.2, 0.25) is 0 Å². The van der Waals surface area contributed by atoms with E-state index >= 15 is 0 Å². The van der Waals surface area contributed by atoms with E-state index in [1.54, 1.807) is 7.11 Å². The molecule has 0 aliphatic carbocycles. The van der Waals surface area contributed by atoms with Crippen LogP contribution in [0.1, 0.15) is 50.2 Å². The van der Waals surface area contributed by atoms with E-state index in [0.717, 1.165) is 50.9 Å². The number of piperidine rings is 1. The summed E-state index contributed by atoms with van der Waals surface area (Å²) in [6.45, 7) is 5.55. The van der Waals surface area contributed by atoms with Crippen molar-refractivity contribution in [3.05, 3.63) is 53.6 Å². The summed E-state index contributed by atoms with van der Waals surface area (Å²) in [6, 6.07) is 14.5. The lowest BCUT2D eigenvalue weighted by atomic mass is 9.88. The van der Waals surface area contributed by atoms with Gasteiger partial charge in [-0.2, -0.15) is 0 Å². The first-order chi connectivity index (χ1) is 15.1. The van der Waals surface area contributed by atoms with Gasteiger partial charge in [0.2, 0.25) is 0 Å². The van der Waals surface area contributed by atoms with Crippen LogP contribution in [0.25, 0.3) is 0 Å². The monoisotopic (exact) mass is 426 g/mol. The third kappa shape index (κ3) is 6.88. The number of benzene rings is 2. The Morgan fingerprint density at radius 3 is 2.65 bits per heavy atom. The number of unbranched alkanes of at least 4 members (excludes halogenated alkanes) is 3. The van der Waals surface area contributed by atoms with E-state index < -0.39 is 0 Å². The van der Waals surface area contributed by atoms with Crippen LogP contribution in [0, 0.1) is 5.92 Å². The Morgan fingerprint density at radius 2 is 1.90 bits per heavy atom. The lowest BCUT2D eigenvalue weighted by Gasteiger charge is -2.36. The first kappa shape index (κ1) is 23.4. The summed E-state index contributed by atoms with van der Waals surface area (Å²) in [5.41, 5.74) is 9.33. The zero-order valence-corrected chi connectivity index (χ0v) is 19.1. The van der Waals surface area contributed by atoms with E-state index in [0.29, 0.717) is 23.8 Å². The summed E-state index contributed by atoms with van der Waals surface area (Å²) in [5, 5.41) is 10.6. The van der Waals surface area contributed by atoms with Gasteiger partial charge in [-0.1, -0.05) is 56.5 Å². The summed E-state index contributed by atoms with van der Waals surface area (Å²) in [5.74, 6) is 1.48. The van der Waals surface area contributed by atoms with Crippen molar-refractivity contribution in [2.45, 2.75) is 58.1 Å². The quantitative estimate of drug-likeness (QED) is 0.404. The number of nitrogens with two attached hydrogens (primary N) is 1. The highest BCUT2D eigenvalue weighted by Crippen LogP contribution is 2.36. The molecule has 2 aromatic carbocycles. The number of methoxy groups -OCH3 is 1. The van der Waals surface area contributed by atoms with Gasteiger partial charge < -0.3 is 20.3 Å². The van der Waals surface area contributed by atoms with Crippen LogP contribution < -0.4 is 15.2 Å². The molecule has 0 radical (unpaired) electrons. The van der Waals surface area contributed by atoms with Crippen LogP contribution in [0.3, 0.4) is 0 Å². The maximum Gasteiger partial charge on any atom is 0.184 e. The van der Waals surface area contributed by atoms with Crippen molar-refractivity contribution in [3.63, 3.8) is 0 Å². The molecule has 2 aromatic rings. The van der Waals surface area contributed by atoms with Gasteiger partial charge in [0.25, 0.3) is 0 Å². The Labute approximate surface area is 187 Å². The molecule has 3 N–H and O–H groups in total. The van der Waals surface area contributed by atoms with E-state index in [-0.39, 0.29) is 12.0 Å². The maximum absolute atomic E-state index is 10.6. The van der Waals surface area contributed by atoms with Gasteiger partial charge in [-0.15, -0.1) is 0 Å². The molecular formula is C26H38N2O3. The fourth-order valence-electron chi connectivity index (χ4n) is 4.39. The number of aliphatic hydroxyl groups is 1. The second-order valence-corrected chi connectivity index (χ2v) is 8.67. The Balaban J connectivity index is 1.62. The number of nitrogens with zero attached hydrogens (tertiary/aromatic N) is 1. The number of likely N-dealkylation sites (tertiary alicyclic amines) is 1. The molecular weight excluding hydrogens is 388 g/mol. The number of nitrogen functional groups attached to an aromatic ring is 1. The van der Waals surface area contributed by atoms with Crippen molar-refractivity contribution in [2.75, 3.05) is 32.5 Å². The highest BCUT2D eigenvalue weighted by molar-refractivity contribution is 5.62. The van der Waals surface area contributed by atoms with Crippen molar-refractivity contribution in [2.24, 2.45) is 5.92 Å². The third-order valence-corrected chi connectivity index (χ3v) is 6.13. The molecule has 0 amide bonds. The number of ether oxygens (including phenoxy) is 2.